The fraction of sp³-hybridized carbons (Fsp3) is 0.364. The zero-order chi connectivity index (χ0) is 12.5. The molecule has 0 unspecified atom stereocenters. The summed E-state index contributed by atoms with van der Waals surface area (Å²) < 4.78 is 16.0. The Morgan fingerprint density at radius 1 is 1.44 bits per heavy atom. The number of hydrogen-bond acceptors (Lipinski definition) is 4. The third-order valence-corrected chi connectivity index (χ3v) is 3.29. The van der Waals surface area contributed by atoms with E-state index in [1.54, 1.807) is 12.1 Å². The smallest absolute Gasteiger partial charge is 0.170 e. The van der Waals surface area contributed by atoms with Crippen LogP contribution in [0.4, 0.5) is 4.39 Å². The van der Waals surface area contributed by atoms with Gasteiger partial charge in [-0.2, -0.15) is 4.68 Å². The second kappa shape index (κ2) is 4.74. The van der Waals surface area contributed by atoms with Gasteiger partial charge in [0.25, 0.3) is 0 Å². The van der Waals surface area contributed by atoms with Gasteiger partial charge in [0.05, 0.1) is 6.54 Å². The largest absolute Gasteiger partial charge is 0.307 e. The quantitative estimate of drug-likeness (QED) is 0.935. The van der Waals surface area contributed by atoms with E-state index in [4.69, 9.17) is 0 Å². The summed E-state index contributed by atoms with van der Waals surface area (Å²) in [7, 11) is 0. The Bertz CT molecular complexity index is 566. The number of benzene rings is 1. The van der Waals surface area contributed by atoms with E-state index in [9.17, 15) is 4.39 Å². The molecular weight excluding hydrogens is 301 g/mol. The number of aromatic nitrogens is 4. The van der Waals surface area contributed by atoms with Crippen LogP contribution in [0.3, 0.4) is 0 Å². The van der Waals surface area contributed by atoms with Gasteiger partial charge in [-0.3, -0.25) is 0 Å². The number of tetrazole rings is 1. The average molecular weight is 312 g/mol. The third-order valence-electron chi connectivity index (χ3n) is 2.80. The average Bonchev–Trinajstić information content (AvgIpc) is 3.08. The van der Waals surface area contributed by atoms with Crippen LogP contribution < -0.4 is 5.32 Å². The van der Waals surface area contributed by atoms with Crippen LogP contribution in [0.1, 0.15) is 18.7 Å². The van der Waals surface area contributed by atoms with Crippen molar-refractivity contribution in [3.63, 3.8) is 0 Å². The summed E-state index contributed by atoms with van der Waals surface area (Å²) in [5.74, 6) is 0.261. The van der Waals surface area contributed by atoms with E-state index in [2.05, 4.69) is 36.8 Å². The first-order valence-electron chi connectivity index (χ1n) is 5.70. The van der Waals surface area contributed by atoms with Gasteiger partial charge >= 0.3 is 0 Å². The van der Waals surface area contributed by atoms with Crippen molar-refractivity contribution in [3.05, 3.63) is 34.3 Å². The van der Waals surface area contributed by atoms with E-state index in [1.165, 1.54) is 23.6 Å². The van der Waals surface area contributed by atoms with Crippen LogP contribution in [-0.2, 0) is 6.54 Å². The lowest BCUT2D eigenvalue weighted by atomic mass is 10.3. The highest BCUT2D eigenvalue weighted by molar-refractivity contribution is 9.10. The van der Waals surface area contributed by atoms with Crippen LogP contribution >= 0.6 is 15.9 Å². The van der Waals surface area contributed by atoms with E-state index < -0.39 is 0 Å². The summed E-state index contributed by atoms with van der Waals surface area (Å²) in [6.07, 6.45) is 2.37. The zero-order valence-electron chi connectivity index (χ0n) is 9.48. The monoisotopic (exact) mass is 311 g/mol. The molecule has 0 spiro atoms. The Morgan fingerprint density at radius 3 is 3.06 bits per heavy atom. The van der Waals surface area contributed by atoms with Crippen molar-refractivity contribution in [2.24, 2.45) is 0 Å². The molecule has 18 heavy (non-hydrogen) atoms. The summed E-state index contributed by atoms with van der Waals surface area (Å²) in [6, 6.07) is 5.25. The van der Waals surface area contributed by atoms with Gasteiger partial charge in [0.1, 0.15) is 11.5 Å². The Kier molecular flexibility index (Phi) is 3.09. The molecule has 1 saturated carbocycles. The molecule has 1 aliphatic carbocycles. The van der Waals surface area contributed by atoms with Crippen LogP contribution in [0.2, 0.25) is 0 Å². The predicted molar refractivity (Wildman–Crippen MR) is 66.7 cm³/mol. The lowest BCUT2D eigenvalue weighted by Crippen LogP contribution is -2.19. The van der Waals surface area contributed by atoms with Crippen molar-refractivity contribution in [1.29, 1.82) is 0 Å². The van der Waals surface area contributed by atoms with Crippen molar-refractivity contribution in [1.82, 2.24) is 25.5 Å². The summed E-state index contributed by atoms with van der Waals surface area (Å²) in [5.41, 5.74) is 0.349. The second-order valence-corrected chi connectivity index (χ2v) is 5.17. The molecule has 0 bridgehead atoms. The molecule has 0 aliphatic heterocycles. The topological polar surface area (TPSA) is 55.6 Å². The maximum absolute atomic E-state index is 13.8. The van der Waals surface area contributed by atoms with Crippen molar-refractivity contribution in [2.45, 2.75) is 25.4 Å². The molecule has 1 aromatic heterocycles. The van der Waals surface area contributed by atoms with Crippen molar-refractivity contribution in [2.75, 3.05) is 0 Å². The van der Waals surface area contributed by atoms with Crippen LogP contribution in [0.15, 0.2) is 22.7 Å². The number of halogens is 2. The number of rotatable bonds is 4. The minimum Gasteiger partial charge on any atom is -0.307 e. The van der Waals surface area contributed by atoms with Gasteiger partial charge in [0, 0.05) is 10.5 Å². The van der Waals surface area contributed by atoms with Crippen LogP contribution in [-0.4, -0.2) is 26.2 Å². The summed E-state index contributed by atoms with van der Waals surface area (Å²) in [4.78, 5) is 0. The Hall–Kier alpha value is -1.34. The highest BCUT2D eigenvalue weighted by Gasteiger charge is 2.22. The number of hydrogen-bond donors (Lipinski definition) is 1. The SMILES string of the molecule is Fc1ccc(Br)cc1-n1nnnc1CNC1CC1. The fourth-order valence-corrected chi connectivity index (χ4v) is 2.02. The Balaban J connectivity index is 1.90. The van der Waals surface area contributed by atoms with Crippen molar-refractivity contribution in [3.8, 4) is 5.69 Å². The maximum Gasteiger partial charge on any atom is 0.170 e. The molecule has 7 heteroatoms. The van der Waals surface area contributed by atoms with Gasteiger partial charge in [0.2, 0.25) is 0 Å². The number of nitrogens with zero attached hydrogens (tertiary/aromatic N) is 4. The maximum atomic E-state index is 13.8. The fourth-order valence-electron chi connectivity index (χ4n) is 1.67. The molecule has 1 fully saturated rings. The molecule has 2 aromatic rings. The van der Waals surface area contributed by atoms with Gasteiger partial charge in [-0.15, -0.1) is 5.10 Å². The molecule has 3 rings (SSSR count). The highest BCUT2D eigenvalue weighted by atomic mass is 79.9. The van der Waals surface area contributed by atoms with Gasteiger partial charge in [-0.05, 0) is 41.5 Å². The van der Waals surface area contributed by atoms with Gasteiger partial charge < -0.3 is 5.32 Å². The van der Waals surface area contributed by atoms with Crippen LogP contribution in [0.25, 0.3) is 5.69 Å². The molecule has 1 N–H and O–H groups in total. The van der Waals surface area contributed by atoms with E-state index in [0.717, 1.165) is 4.47 Å². The Morgan fingerprint density at radius 2 is 2.28 bits per heavy atom. The Labute approximate surface area is 112 Å². The van der Waals surface area contributed by atoms with Crippen molar-refractivity contribution >= 4 is 15.9 Å². The molecule has 1 heterocycles. The van der Waals surface area contributed by atoms with Gasteiger partial charge in [-0.1, -0.05) is 15.9 Å². The molecule has 1 aromatic carbocycles. The molecule has 0 atom stereocenters. The van der Waals surface area contributed by atoms with Crippen molar-refractivity contribution < 1.29 is 4.39 Å². The predicted octanol–water partition coefficient (Wildman–Crippen LogP) is 1.82. The molecular formula is C11H11BrFN5. The zero-order valence-corrected chi connectivity index (χ0v) is 11.1. The molecule has 0 radical (unpaired) electrons. The van der Waals surface area contributed by atoms with E-state index in [-0.39, 0.29) is 5.82 Å². The standard InChI is InChI=1S/C11H11BrFN5/c12-7-1-4-9(13)10(5-7)18-11(15-16-17-18)6-14-8-2-3-8/h1,4-5,8,14H,2-3,6H2. The second-order valence-electron chi connectivity index (χ2n) is 4.26. The lowest BCUT2D eigenvalue weighted by Gasteiger charge is -2.06. The molecule has 0 saturated heterocycles. The first kappa shape index (κ1) is 11.7. The van der Waals surface area contributed by atoms with Crippen LogP contribution in [0, 0.1) is 5.82 Å². The minimum atomic E-state index is -0.349. The van der Waals surface area contributed by atoms with E-state index in [0.29, 0.717) is 24.1 Å². The van der Waals surface area contributed by atoms with Crippen LogP contribution in [0.5, 0.6) is 0 Å². The van der Waals surface area contributed by atoms with Gasteiger partial charge in [0.15, 0.2) is 5.82 Å². The first-order chi connectivity index (χ1) is 8.74. The first-order valence-corrected chi connectivity index (χ1v) is 6.49. The lowest BCUT2D eigenvalue weighted by molar-refractivity contribution is 0.590. The summed E-state index contributed by atoms with van der Waals surface area (Å²) >= 11 is 3.31. The van der Waals surface area contributed by atoms with E-state index in [1.807, 2.05) is 0 Å². The molecule has 5 nitrogen and oxygen atoms in total. The highest BCUT2D eigenvalue weighted by Crippen LogP contribution is 2.21. The number of nitrogens with one attached hydrogen (secondary N) is 1. The van der Waals surface area contributed by atoms with E-state index >= 15 is 0 Å². The summed E-state index contributed by atoms with van der Waals surface area (Å²) in [5, 5.41) is 14.7. The normalized spacial score (nSPS) is 15.0. The summed E-state index contributed by atoms with van der Waals surface area (Å²) in [6.45, 7) is 0.545. The molecule has 1 aliphatic rings. The minimum absolute atomic E-state index is 0.349. The molecule has 94 valence electrons. The van der Waals surface area contributed by atoms with Gasteiger partial charge in [-0.25, -0.2) is 4.39 Å². The third kappa shape index (κ3) is 2.41. The molecule has 0 amide bonds.